The van der Waals surface area contributed by atoms with Gasteiger partial charge in [0, 0.05) is 48.2 Å². The van der Waals surface area contributed by atoms with E-state index in [1.54, 1.807) is 6.07 Å². The standard InChI is InChI=1S/C23H24FN5/c1-15-20-13-17(24)5-6-22(20)28-23(27-15)29-11-8-18(9-12-29)26-14-16-3-2-4-21-19(16)7-10-25-21/h2-7,10,13,18,25-26H,8-9,11-12,14H2,1H3. The molecule has 0 unspecified atom stereocenters. The van der Waals surface area contributed by atoms with E-state index < -0.39 is 0 Å². The number of halogens is 1. The molecule has 2 aromatic heterocycles. The predicted octanol–water partition coefficient (Wildman–Crippen LogP) is 4.32. The normalized spacial score (nSPS) is 15.4. The van der Waals surface area contributed by atoms with Gasteiger partial charge >= 0.3 is 0 Å². The minimum absolute atomic E-state index is 0.251. The fourth-order valence-electron chi connectivity index (χ4n) is 4.22. The second kappa shape index (κ2) is 7.44. The van der Waals surface area contributed by atoms with E-state index in [1.807, 2.05) is 13.1 Å². The van der Waals surface area contributed by atoms with E-state index >= 15 is 0 Å². The van der Waals surface area contributed by atoms with E-state index in [0.29, 0.717) is 6.04 Å². The van der Waals surface area contributed by atoms with Crippen molar-refractivity contribution < 1.29 is 4.39 Å². The average Bonchev–Trinajstić information content (AvgIpc) is 3.22. The van der Waals surface area contributed by atoms with Crippen LogP contribution in [0.25, 0.3) is 21.8 Å². The second-order valence-corrected chi connectivity index (χ2v) is 7.77. The van der Waals surface area contributed by atoms with Crippen molar-refractivity contribution in [3.8, 4) is 0 Å². The average molecular weight is 389 g/mol. The van der Waals surface area contributed by atoms with Crippen LogP contribution in [0.2, 0.25) is 0 Å². The van der Waals surface area contributed by atoms with Crippen LogP contribution in [0, 0.1) is 12.7 Å². The molecule has 1 fully saturated rings. The Morgan fingerprint density at radius 1 is 1.10 bits per heavy atom. The first-order chi connectivity index (χ1) is 14.2. The van der Waals surface area contributed by atoms with Gasteiger partial charge in [0.1, 0.15) is 5.82 Å². The van der Waals surface area contributed by atoms with Gasteiger partial charge in [-0.15, -0.1) is 0 Å². The number of hydrogen-bond acceptors (Lipinski definition) is 4. The number of nitrogens with one attached hydrogen (secondary N) is 2. The summed E-state index contributed by atoms with van der Waals surface area (Å²) in [7, 11) is 0. The van der Waals surface area contributed by atoms with Crippen molar-refractivity contribution in [2.45, 2.75) is 32.4 Å². The molecule has 29 heavy (non-hydrogen) atoms. The molecular formula is C23H24FN5. The highest BCUT2D eigenvalue weighted by Gasteiger charge is 2.21. The van der Waals surface area contributed by atoms with Crippen molar-refractivity contribution in [1.29, 1.82) is 0 Å². The predicted molar refractivity (Wildman–Crippen MR) is 115 cm³/mol. The number of aromatic amines is 1. The van der Waals surface area contributed by atoms with Crippen LogP contribution in [0.4, 0.5) is 10.3 Å². The molecule has 0 saturated carbocycles. The van der Waals surface area contributed by atoms with Crippen LogP contribution in [0.3, 0.4) is 0 Å². The summed E-state index contributed by atoms with van der Waals surface area (Å²) in [6.07, 6.45) is 4.09. The van der Waals surface area contributed by atoms with Crippen LogP contribution in [0.1, 0.15) is 24.1 Å². The Hall–Kier alpha value is -2.99. The monoisotopic (exact) mass is 389 g/mol. The molecule has 148 valence electrons. The Bertz CT molecular complexity index is 1160. The minimum Gasteiger partial charge on any atom is -0.361 e. The molecule has 6 heteroatoms. The number of fused-ring (bicyclic) bond motifs is 2. The number of piperidine rings is 1. The van der Waals surface area contributed by atoms with Crippen LogP contribution in [-0.2, 0) is 6.54 Å². The van der Waals surface area contributed by atoms with E-state index in [1.165, 1.54) is 28.6 Å². The fourth-order valence-corrected chi connectivity index (χ4v) is 4.22. The third kappa shape index (κ3) is 3.56. The Morgan fingerprint density at radius 2 is 1.97 bits per heavy atom. The van der Waals surface area contributed by atoms with Gasteiger partial charge in [-0.25, -0.2) is 14.4 Å². The third-order valence-electron chi connectivity index (χ3n) is 5.88. The Kier molecular flexibility index (Phi) is 4.64. The summed E-state index contributed by atoms with van der Waals surface area (Å²) in [4.78, 5) is 14.8. The van der Waals surface area contributed by atoms with Crippen LogP contribution in [0.5, 0.6) is 0 Å². The molecular weight excluding hydrogens is 365 g/mol. The van der Waals surface area contributed by atoms with Crippen molar-refractivity contribution in [2.24, 2.45) is 0 Å². The lowest BCUT2D eigenvalue weighted by molar-refractivity contribution is 0.412. The third-order valence-corrected chi connectivity index (χ3v) is 5.88. The second-order valence-electron chi connectivity index (χ2n) is 7.77. The summed E-state index contributed by atoms with van der Waals surface area (Å²) >= 11 is 0. The SMILES string of the molecule is Cc1nc(N2CCC(NCc3cccc4[nH]ccc34)CC2)nc2ccc(F)cc12. The maximum Gasteiger partial charge on any atom is 0.226 e. The molecule has 4 aromatic rings. The van der Waals surface area contributed by atoms with Gasteiger partial charge in [0.05, 0.1) is 11.2 Å². The molecule has 1 saturated heterocycles. The summed E-state index contributed by atoms with van der Waals surface area (Å²) in [6.45, 7) is 4.62. The molecule has 0 radical (unpaired) electrons. The number of aromatic nitrogens is 3. The zero-order valence-electron chi connectivity index (χ0n) is 16.5. The van der Waals surface area contributed by atoms with Gasteiger partial charge in [-0.3, -0.25) is 0 Å². The Balaban J connectivity index is 1.24. The zero-order valence-corrected chi connectivity index (χ0v) is 16.5. The Morgan fingerprint density at radius 3 is 2.83 bits per heavy atom. The summed E-state index contributed by atoms with van der Waals surface area (Å²) in [6, 6.07) is 13.7. The van der Waals surface area contributed by atoms with Gasteiger partial charge in [-0.1, -0.05) is 12.1 Å². The summed E-state index contributed by atoms with van der Waals surface area (Å²) < 4.78 is 13.5. The quantitative estimate of drug-likeness (QED) is 0.546. The molecule has 5 rings (SSSR count). The minimum atomic E-state index is -0.251. The van der Waals surface area contributed by atoms with Crippen molar-refractivity contribution >= 4 is 27.8 Å². The van der Waals surface area contributed by atoms with E-state index in [0.717, 1.165) is 55.0 Å². The van der Waals surface area contributed by atoms with Crippen molar-refractivity contribution in [3.63, 3.8) is 0 Å². The highest BCUT2D eigenvalue weighted by molar-refractivity contribution is 5.83. The number of benzene rings is 2. The molecule has 2 aromatic carbocycles. The number of H-pyrrole nitrogens is 1. The van der Waals surface area contributed by atoms with Gasteiger partial charge in [-0.2, -0.15) is 0 Å². The lowest BCUT2D eigenvalue weighted by Crippen LogP contribution is -2.43. The molecule has 0 atom stereocenters. The molecule has 0 aliphatic carbocycles. The first-order valence-electron chi connectivity index (χ1n) is 10.1. The van der Waals surface area contributed by atoms with Crippen molar-refractivity contribution in [2.75, 3.05) is 18.0 Å². The van der Waals surface area contributed by atoms with Gasteiger partial charge in [-0.05, 0) is 55.7 Å². The maximum atomic E-state index is 13.5. The molecule has 3 heterocycles. The van der Waals surface area contributed by atoms with E-state index in [9.17, 15) is 4.39 Å². The van der Waals surface area contributed by atoms with E-state index in [4.69, 9.17) is 0 Å². The highest BCUT2D eigenvalue weighted by Crippen LogP contribution is 2.23. The van der Waals surface area contributed by atoms with Gasteiger partial charge in [0.15, 0.2) is 0 Å². The highest BCUT2D eigenvalue weighted by atomic mass is 19.1. The molecule has 0 spiro atoms. The maximum absolute atomic E-state index is 13.5. The van der Waals surface area contributed by atoms with Gasteiger partial charge in [0.2, 0.25) is 5.95 Å². The van der Waals surface area contributed by atoms with E-state index in [-0.39, 0.29) is 5.82 Å². The summed E-state index contributed by atoms with van der Waals surface area (Å²) in [5, 5.41) is 5.78. The largest absolute Gasteiger partial charge is 0.361 e. The molecule has 0 bridgehead atoms. The Labute approximate surface area is 169 Å². The van der Waals surface area contributed by atoms with Crippen LogP contribution in [-0.4, -0.2) is 34.1 Å². The van der Waals surface area contributed by atoms with Crippen LogP contribution < -0.4 is 10.2 Å². The summed E-state index contributed by atoms with van der Waals surface area (Å²) in [5.41, 5.74) is 4.13. The molecule has 5 nitrogen and oxygen atoms in total. The number of rotatable bonds is 4. The lowest BCUT2D eigenvalue weighted by atomic mass is 10.0. The molecule has 2 N–H and O–H groups in total. The van der Waals surface area contributed by atoms with E-state index in [2.05, 4.69) is 49.4 Å². The molecule has 0 amide bonds. The van der Waals surface area contributed by atoms with Gasteiger partial charge < -0.3 is 15.2 Å². The number of nitrogens with zero attached hydrogens (tertiary/aromatic N) is 3. The number of hydrogen-bond donors (Lipinski definition) is 2. The topological polar surface area (TPSA) is 56.8 Å². The molecule has 1 aliphatic rings. The first-order valence-corrected chi connectivity index (χ1v) is 10.1. The van der Waals surface area contributed by atoms with Crippen molar-refractivity contribution in [1.82, 2.24) is 20.3 Å². The smallest absolute Gasteiger partial charge is 0.226 e. The van der Waals surface area contributed by atoms with Crippen molar-refractivity contribution in [3.05, 3.63) is 65.7 Å². The fraction of sp³-hybridized carbons (Fsp3) is 0.304. The zero-order chi connectivity index (χ0) is 19.8. The lowest BCUT2D eigenvalue weighted by Gasteiger charge is -2.32. The number of anilines is 1. The van der Waals surface area contributed by atoms with Gasteiger partial charge in [0.25, 0.3) is 0 Å². The van der Waals surface area contributed by atoms with Crippen LogP contribution >= 0.6 is 0 Å². The summed E-state index contributed by atoms with van der Waals surface area (Å²) in [5.74, 6) is 0.497. The first kappa shape index (κ1) is 18.1. The van der Waals surface area contributed by atoms with Crippen LogP contribution in [0.15, 0.2) is 48.7 Å². The molecule has 1 aliphatic heterocycles. The number of aryl methyl sites for hydroxylation is 1.